The SMILES string of the molecule is COc1ccc(OCc2cc(Br)cs2)cc1N. The van der Waals surface area contributed by atoms with Crippen molar-refractivity contribution in [3.63, 3.8) is 0 Å². The minimum absolute atomic E-state index is 0.544. The molecule has 0 aliphatic rings. The molecule has 2 N–H and O–H groups in total. The van der Waals surface area contributed by atoms with Crippen molar-refractivity contribution in [1.29, 1.82) is 0 Å². The summed E-state index contributed by atoms with van der Waals surface area (Å²) in [5.41, 5.74) is 6.38. The molecule has 3 nitrogen and oxygen atoms in total. The average Bonchev–Trinajstić information content (AvgIpc) is 2.73. The van der Waals surface area contributed by atoms with Gasteiger partial charge < -0.3 is 15.2 Å². The third kappa shape index (κ3) is 3.14. The van der Waals surface area contributed by atoms with Gasteiger partial charge in [-0.15, -0.1) is 11.3 Å². The van der Waals surface area contributed by atoms with Gasteiger partial charge in [-0.1, -0.05) is 0 Å². The number of nitrogens with two attached hydrogens (primary N) is 1. The van der Waals surface area contributed by atoms with E-state index in [-0.39, 0.29) is 0 Å². The van der Waals surface area contributed by atoms with Gasteiger partial charge in [0.1, 0.15) is 18.1 Å². The van der Waals surface area contributed by atoms with Crippen molar-refractivity contribution in [3.8, 4) is 11.5 Å². The number of anilines is 1. The Labute approximate surface area is 112 Å². The summed E-state index contributed by atoms with van der Waals surface area (Å²) in [6.45, 7) is 0.544. The van der Waals surface area contributed by atoms with E-state index < -0.39 is 0 Å². The molecule has 0 atom stereocenters. The first-order valence-corrected chi connectivity index (χ1v) is 6.65. The minimum atomic E-state index is 0.544. The molecule has 0 aliphatic carbocycles. The highest BCUT2D eigenvalue weighted by Crippen LogP contribution is 2.27. The number of thiophene rings is 1. The normalized spacial score (nSPS) is 10.2. The maximum atomic E-state index is 5.80. The molecule has 0 spiro atoms. The van der Waals surface area contributed by atoms with Crippen LogP contribution in [0, 0.1) is 0 Å². The molecule has 2 aromatic rings. The van der Waals surface area contributed by atoms with E-state index >= 15 is 0 Å². The number of hydrogen-bond acceptors (Lipinski definition) is 4. The Morgan fingerprint density at radius 2 is 2.18 bits per heavy atom. The second-order valence-electron chi connectivity index (χ2n) is 3.42. The van der Waals surface area contributed by atoms with Crippen molar-refractivity contribution >= 4 is 33.0 Å². The summed E-state index contributed by atoms with van der Waals surface area (Å²) in [4.78, 5) is 1.16. The zero-order valence-electron chi connectivity index (χ0n) is 9.27. The number of benzene rings is 1. The fourth-order valence-electron chi connectivity index (χ4n) is 1.39. The van der Waals surface area contributed by atoms with Crippen molar-refractivity contribution in [2.24, 2.45) is 0 Å². The molecule has 0 unspecified atom stereocenters. The van der Waals surface area contributed by atoms with Gasteiger partial charge in [0.2, 0.25) is 0 Å². The van der Waals surface area contributed by atoms with Crippen LogP contribution in [-0.4, -0.2) is 7.11 Å². The van der Waals surface area contributed by atoms with Crippen LogP contribution in [-0.2, 0) is 6.61 Å². The fraction of sp³-hybridized carbons (Fsp3) is 0.167. The second-order valence-corrected chi connectivity index (χ2v) is 5.34. The van der Waals surface area contributed by atoms with Crippen molar-refractivity contribution in [1.82, 2.24) is 0 Å². The number of rotatable bonds is 4. The molecule has 0 bridgehead atoms. The molecule has 5 heteroatoms. The lowest BCUT2D eigenvalue weighted by Crippen LogP contribution is -1.96. The van der Waals surface area contributed by atoms with Crippen LogP contribution in [0.2, 0.25) is 0 Å². The lowest BCUT2D eigenvalue weighted by Gasteiger charge is -2.08. The zero-order chi connectivity index (χ0) is 12.3. The molecular weight excluding hydrogens is 302 g/mol. The summed E-state index contributed by atoms with van der Waals surface area (Å²) < 4.78 is 11.8. The van der Waals surface area contributed by atoms with Crippen LogP contribution in [0.4, 0.5) is 5.69 Å². The highest BCUT2D eigenvalue weighted by Gasteiger charge is 2.03. The van der Waals surface area contributed by atoms with Crippen molar-refractivity contribution < 1.29 is 9.47 Å². The Bertz CT molecular complexity index is 513. The summed E-state index contributed by atoms with van der Waals surface area (Å²) in [6.07, 6.45) is 0. The summed E-state index contributed by atoms with van der Waals surface area (Å²) in [5.74, 6) is 1.41. The van der Waals surface area contributed by atoms with Crippen LogP contribution in [0.25, 0.3) is 0 Å². The Morgan fingerprint density at radius 3 is 2.76 bits per heavy atom. The van der Waals surface area contributed by atoms with E-state index in [9.17, 15) is 0 Å². The molecule has 0 fully saturated rings. The van der Waals surface area contributed by atoms with Crippen LogP contribution in [0.15, 0.2) is 34.1 Å². The Hall–Kier alpha value is -1.20. The molecule has 0 saturated carbocycles. The van der Waals surface area contributed by atoms with E-state index in [2.05, 4.69) is 15.9 Å². The number of ether oxygens (including phenoxy) is 2. The standard InChI is InChI=1S/C12H12BrNO2S/c1-15-12-3-2-9(5-11(12)14)16-6-10-4-8(13)7-17-10/h2-5,7H,6,14H2,1H3. The Kier molecular flexibility index (Phi) is 3.91. The van der Waals surface area contributed by atoms with Crippen molar-refractivity contribution in [3.05, 3.63) is 39.0 Å². The number of methoxy groups -OCH3 is 1. The molecule has 0 amide bonds. The maximum absolute atomic E-state index is 5.80. The molecular formula is C12H12BrNO2S. The molecule has 1 aromatic carbocycles. The van der Waals surface area contributed by atoms with Gasteiger partial charge in [0.15, 0.2) is 0 Å². The summed E-state index contributed by atoms with van der Waals surface area (Å²) in [7, 11) is 1.59. The largest absolute Gasteiger partial charge is 0.495 e. The Morgan fingerprint density at radius 1 is 1.35 bits per heavy atom. The zero-order valence-corrected chi connectivity index (χ0v) is 11.7. The molecule has 90 valence electrons. The van der Waals surface area contributed by atoms with E-state index in [1.807, 2.05) is 17.5 Å². The van der Waals surface area contributed by atoms with E-state index in [4.69, 9.17) is 15.2 Å². The van der Waals surface area contributed by atoms with Crippen LogP contribution in [0.3, 0.4) is 0 Å². The highest BCUT2D eigenvalue weighted by atomic mass is 79.9. The highest BCUT2D eigenvalue weighted by molar-refractivity contribution is 9.10. The lowest BCUT2D eigenvalue weighted by molar-refractivity contribution is 0.309. The van der Waals surface area contributed by atoms with Gasteiger partial charge >= 0.3 is 0 Å². The van der Waals surface area contributed by atoms with Crippen LogP contribution in [0.5, 0.6) is 11.5 Å². The van der Waals surface area contributed by atoms with Crippen molar-refractivity contribution in [2.45, 2.75) is 6.61 Å². The molecule has 2 rings (SSSR count). The summed E-state index contributed by atoms with van der Waals surface area (Å²) in [5, 5.41) is 2.03. The number of halogens is 1. The molecule has 1 heterocycles. The van der Waals surface area contributed by atoms with E-state index in [1.165, 1.54) is 0 Å². The monoisotopic (exact) mass is 313 g/mol. The van der Waals surface area contributed by atoms with Crippen LogP contribution >= 0.6 is 27.3 Å². The Balaban J connectivity index is 2.02. The third-order valence-electron chi connectivity index (χ3n) is 2.20. The topological polar surface area (TPSA) is 44.5 Å². The van der Waals surface area contributed by atoms with Gasteiger partial charge in [0, 0.05) is 20.8 Å². The van der Waals surface area contributed by atoms with E-state index in [0.717, 1.165) is 15.1 Å². The average molecular weight is 314 g/mol. The number of hydrogen-bond donors (Lipinski definition) is 1. The molecule has 1 aromatic heterocycles. The summed E-state index contributed by atoms with van der Waals surface area (Å²) >= 11 is 5.06. The minimum Gasteiger partial charge on any atom is -0.495 e. The number of nitrogen functional groups attached to an aromatic ring is 1. The van der Waals surface area contributed by atoms with E-state index in [0.29, 0.717) is 18.0 Å². The lowest BCUT2D eigenvalue weighted by atomic mass is 10.3. The van der Waals surface area contributed by atoms with Gasteiger partial charge in [-0.3, -0.25) is 0 Å². The maximum Gasteiger partial charge on any atom is 0.142 e. The van der Waals surface area contributed by atoms with Crippen LogP contribution < -0.4 is 15.2 Å². The van der Waals surface area contributed by atoms with Gasteiger partial charge in [0.25, 0.3) is 0 Å². The second kappa shape index (κ2) is 5.42. The quantitative estimate of drug-likeness (QED) is 0.876. The predicted molar refractivity (Wildman–Crippen MR) is 73.8 cm³/mol. The van der Waals surface area contributed by atoms with Gasteiger partial charge in [-0.25, -0.2) is 0 Å². The summed E-state index contributed by atoms with van der Waals surface area (Å²) in [6, 6.07) is 7.45. The van der Waals surface area contributed by atoms with E-state index in [1.54, 1.807) is 30.6 Å². The van der Waals surface area contributed by atoms with Crippen LogP contribution in [0.1, 0.15) is 4.88 Å². The predicted octanol–water partition coefficient (Wildman–Crippen LogP) is 3.68. The third-order valence-corrected chi connectivity index (χ3v) is 3.88. The van der Waals surface area contributed by atoms with Gasteiger partial charge in [-0.2, -0.15) is 0 Å². The molecule has 17 heavy (non-hydrogen) atoms. The van der Waals surface area contributed by atoms with Crippen molar-refractivity contribution in [2.75, 3.05) is 12.8 Å². The fourth-order valence-corrected chi connectivity index (χ4v) is 2.75. The first-order chi connectivity index (χ1) is 8.19. The smallest absolute Gasteiger partial charge is 0.142 e. The first-order valence-electron chi connectivity index (χ1n) is 4.98. The van der Waals surface area contributed by atoms with Gasteiger partial charge in [0.05, 0.1) is 12.8 Å². The molecule has 0 radical (unpaired) electrons. The van der Waals surface area contributed by atoms with Gasteiger partial charge in [-0.05, 0) is 34.1 Å². The first kappa shape index (κ1) is 12.3. The molecule has 0 aliphatic heterocycles. The molecule has 0 saturated heterocycles.